The molecule has 0 fully saturated rings. The number of rotatable bonds is 2. The van der Waals surface area contributed by atoms with Gasteiger partial charge in [-0.3, -0.25) is 6.92 Å². The highest BCUT2D eigenvalue weighted by Gasteiger charge is 2.03. The van der Waals surface area contributed by atoms with Gasteiger partial charge in [-0.1, -0.05) is 0 Å². The number of nitrogens with one attached hydrogen (secondary N) is 1. The number of hydrogen-bond donors (Lipinski definition) is 1. The molecule has 0 spiro atoms. The van der Waals surface area contributed by atoms with Gasteiger partial charge in [0.25, 0.3) is 0 Å². The van der Waals surface area contributed by atoms with Crippen molar-refractivity contribution >= 4 is 0 Å². The van der Waals surface area contributed by atoms with E-state index in [-0.39, 0.29) is 0 Å². The quantitative estimate of drug-likeness (QED) is 0.693. The largest absolute Gasteiger partial charge is 0.260 e. The first-order chi connectivity index (χ1) is 6.40. The molecule has 13 heavy (non-hydrogen) atoms. The number of H-pyrrole nitrogens is 1. The highest BCUT2D eigenvalue weighted by atomic mass is 15.5. The van der Waals surface area contributed by atoms with E-state index in [0.29, 0.717) is 5.82 Å². The number of aromatic nitrogens is 4. The standard InChI is InChI=1S/C9H8N4/c1-2-7-3-5-8(6-4-7)9-10-12-13-11-9/h2-6H,1H2,(H,10,11,12,13). The third-order valence-electron chi connectivity index (χ3n) is 1.77. The lowest BCUT2D eigenvalue weighted by Gasteiger charge is -1.93. The Labute approximate surface area is 76.0 Å². The molecule has 0 amide bonds. The fraction of sp³-hybridized carbons (Fsp3) is 0. The summed E-state index contributed by atoms with van der Waals surface area (Å²) in [5, 5.41) is 13.5. The topological polar surface area (TPSA) is 54.5 Å². The van der Waals surface area contributed by atoms with Crippen LogP contribution in [0.25, 0.3) is 11.4 Å². The predicted octanol–water partition coefficient (Wildman–Crippen LogP) is 1.25. The SMILES string of the molecule is [CH2-][CH+]c1ccc(-c2nnn[nH]2)cc1. The lowest BCUT2D eigenvalue weighted by Crippen LogP contribution is -1.82. The van der Waals surface area contributed by atoms with Crippen molar-refractivity contribution in [1.29, 1.82) is 0 Å². The molecule has 4 nitrogen and oxygen atoms in total. The maximum Gasteiger partial charge on any atom is 0.181 e. The summed E-state index contributed by atoms with van der Waals surface area (Å²) >= 11 is 0. The molecular formula is C9H8N4. The van der Waals surface area contributed by atoms with Gasteiger partial charge in [-0.05, 0) is 10.4 Å². The zero-order valence-electron chi connectivity index (χ0n) is 6.94. The van der Waals surface area contributed by atoms with Gasteiger partial charge in [0.2, 0.25) is 0 Å². The van der Waals surface area contributed by atoms with Crippen LogP contribution in [0.1, 0.15) is 5.56 Å². The normalized spacial score (nSPS) is 9.92. The molecular weight excluding hydrogens is 164 g/mol. The van der Waals surface area contributed by atoms with Gasteiger partial charge in [-0.25, -0.2) is 5.10 Å². The summed E-state index contributed by atoms with van der Waals surface area (Å²) < 4.78 is 0. The van der Waals surface area contributed by atoms with Gasteiger partial charge in [-0.2, -0.15) is 0 Å². The van der Waals surface area contributed by atoms with Crippen LogP contribution in [-0.4, -0.2) is 20.6 Å². The van der Waals surface area contributed by atoms with Crippen LogP contribution in [0.5, 0.6) is 0 Å². The maximum atomic E-state index is 3.80. The van der Waals surface area contributed by atoms with Crippen LogP contribution in [0, 0.1) is 13.3 Å². The van der Waals surface area contributed by atoms with Gasteiger partial charge < -0.3 is 0 Å². The zero-order valence-corrected chi connectivity index (χ0v) is 6.94. The molecule has 1 aromatic heterocycles. The molecule has 0 aliphatic carbocycles. The van der Waals surface area contributed by atoms with E-state index in [2.05, 4.69) is 27.5 Å². The molecule has 0 radical (unpaired) electrons. The van der Waals surface area contributed by atoms with E-state index in [9.17, 15) is 0 Å². The van der Waals surface area contributed by atoms with Crippen LogP contribution in [0.2, 0.25) is 0 Å². The van der Waals surface area contributed by atoms with Crippen molar-refractivity contribution in [1.82, 2.24) is 20.6 Å². The summed E-state index contributed by atoms with van der Waals surface area (Å²) in [6.07, 6.45) is 1.79. The lowest BCUT2D eigenvalue weighted by molar-refractivity contribution is 0.881. The third kappa shape index (κ3) is 1.51. The van der Waals surface area contributed by atoms with Crippen molar-refractivity contribution < 1.29 is 0 Å². The second-order valence-corrected chi connectivity index (χ2v) is 2.58. The molecule has 0 aliphatic heterocycles. The molecule has 0 saturated heterocycles. The predicted molar refractivity (Wildman–Crippen MR) is 48.4 cm³/mol. The molecule has 0 unspecified atom stereocenters. The Bertz CT molecular complexity index is 363. The molecule has 0 aliphatic rings. The Kier molecular flexibility index (Phi) is 1.96. The van der Waals surface area contributed by atoms with Gasteiger partial charge >= 0.3 is 0 Å². The second kappa shape index (κ2) is 3.26. The van der Waals surface area contributed by atoms with Crippen molar-refractivity contribution in [2.45, 2.75) is 0 Å². The second-order valence-electron chi connectivity index (χ2n) is 2.58. The van der Waals surface area contributed by atoms with Gasteiger partial charge in [0.1, 0.15) is 0 Å². The molecule has 1 N–H and O–H groups in total. The van der Waals surface area contributed by atoms with Crippen molar-refractivity contribution in [3.63, 3.8) is 0 Å². The van der Waals surface area contributed by atoms with Gasteiger partial charge in [0.15, 0.2) is 5.82 Å². The Hall–Kier alpha value is -1.84. The van der Waals surface area contributed by atoms with E-state index in [0.717, 1.165) is 11.1 Å². The summed E-state index contributed by atoms with van der Waals surface area (Å²) in [4.78, 5) is 0. The van der Waals surface area contributed by atoms with Gasteiger partial charge in [0.05, 0.1) is 5.56 Å². The van der Waals surface area contributed by atoms with Crippen molar-refractivity contribution in [2.75, 3.05) is 0 Å². The molecule has 0 bridgehead atoms. The fourth-order valence-corrected chi connectivity index (χ4v) is 1.06. The molecule has 64 valence electrons. The molecule has 1 heterocycles. The van der Waals surface area contributed by atoms with Crippen molar-refractivity contribution in [3.05, 3.63) is 43.2 Å². The minimum absolute atomic E-state index is 0.676. The molecule has 1 aromatic carbocycles. The smallest absolute Gasteiger partial charge is 0.181 e. The van der Waals surface area contributed by atoms with Crippen LogP contribution in [0.4, 0.5) is 0 Å². The fourth-order valence-electron chi connectivity index (χ4n) is 1.06. The first-order valence-corrected chi connectivity index (χ1v) is 3.87. The minimum Gasteiger partial charge on any atom is -0.260 e. The summed E-state index contributed by atoms with van der Waals surface area (Å²) in [7, 11) is 0. The molecule has 2 rings (SSSR count). The van der Waals surface area contributed by atoms with Crippen molar-refractivity contribution in [3.8, 4) is 11.4 Å². The van der Waals surface area contributed by atoms with Crippen LogP contribution >= 0.6 is 0 Å². The first-order valence-electron chi connectivity index (χ1n) is 3.87. The van der Waals surface area contributed by atoms with Crippen LogP contribution in [0.3, 0.4) is 0 Å². The molecule has 2 aromatic rings. The molecule has 4 heteroatoms. The molecule has 0 saturated carbocycles. The molecule has 0 atom stereocenters. The van der Waals surface area contributed by atoms with Crippen LogP contribution in [-0.2, 0) is 0 Å². The summed E-state index contributed by atoms with van der Waals surface area (Å²) in [5.74, 6) is 0.676. The number of hydrogen-bond acceptors (Lipinski definition) is 3. The average molecular weight is 172 g/mol. The number of tetrazole rings is 1. The summed E-state index contributed by atoms with van der Waals surface area (Å²) in [6.45, 7) is 3.68. The van der Waals surface area contributed by atoms with Crippen LogP contribution < -0.4 is 0 Å². The Balaban J connectivity index is 2.33. The van der Waals surface area contributed by atoms with Gasteiger partial charge in [0, 0.05) is 29.8 Å². The number of benzene rings is 1. The number of nitrogens with zero attached hydrogens (tertiary/aromatic N) is 3. The van der Waals surface area contributed by atoms with E-state index < -0.39 is 0 Å². The van der Waals surface area contributed by atoms with E-state index >= 15 is 0 Å². The van der Waals surface area contributed by atoms with E-state index in [4.69, 9.17) is 0 Å². The highest BCUT2D eigenvalue weighted by Crippen LogP contribution is 2.14. The minimum atomic E-state index is 0.676. The Morgan fingerprint density at radius 2 is 2.00 bits per heavy atom. The van der Waals surface area contributed by atoms with Crippen LogP contribution in [0.15, 0.2) is 24.3 Å². The lowest BCUT2D eigenvalue weighted by atomic mass is 10.1. The highest BCUT2D eigenvalue weighted by molar-refractivity contribution is 5.54. The third-order valence-corrected chi connectivity index (χ3v) is 1.77. The monoisotopic (exact) mass is 172 g/mol. The number of aromatic amines is 1. The van der Waals surface area contributed by atoms with Crippen molar-refractivity contribution in [2.24, 2.45) is 0 Å². The zero-order chi connectivity index (χ0) is 9.10. The maximum absolute atomic E-state index is 3.80. The summed E-state index contributed by atoms with van der Waals surface area (Å²) in [5.41, 5.74) is 2.05. The van der Waals surface area contributed by atoms with E-state index in [1.165, 1.54) is 0 Å². The van der Waals surface area contributed by atoms with Gasteiger partial charge in [-0.15, -0.1) is 11.5 Å². The first kappa shape index (κ1) is 7.79. The summed E-state index contributed by atoms with van der Waals surface area (Å²) in [6, 6.07) is 7.81. The van der Waals surface area contributed by atoms with E-state index in [1.54, 1.807) is 6.42 Å². The Morgan fingerprint density at radius 1 is 1.23 bits per heavy atom. The Morgan fingerprint density at radius 3 is 2.54 bits per heavy atom. The average Bonchev–Trinajstić information content (AvgIpc) is 2.71. The van der Waals surface area contributed by atoms with E-state index in [1.807, 2.05) is 24.3 Å².